The molecule has 0 spiro atoms. The number of carbonyl (C=O) groups is 1. The standard InChI is InChI=1S/C14H13NO4/c1-18-9-10-3-2-4-11(7-10)19-13-8-15-6-5-12(13)14(16)17/h2-8H,9H2,1H3,(H,16,17). The van der Waals surface area contributed by atoms with Crippen LogP contribution < -0.4 is 4.74 Å². The van der Waals surface area contributed by atoms with Crippen molar-refractivity contribution in [1.82, 2.24) is 4.98 Å². The molecule has 2 aromatic rings. The number of hydrogen-bond acceptors (Lipinski definition) is 4. The lowest BCUT2D eigenvalue weighted by Gasteiger charge is -2.09. The van der Waals surface area contributed by atoms with Gasteiger partial charge in [0.25, 0.3) is 0 Å². The number of rotatable bonds is 5. The molecule has 5 heteroatoms. The Morgan fingerprint density at radius 1 is 1.37 bits per heavy atom. The van der Waals surface area contributed by atoms with Gasteiger partial charge in [0.2, 0.25) is 0 Å². The summed E-state index contributed by atoms with van der Waals surface area (Å²) in [6.45, 7) is 0.468. The average molecular weight is 259 g/mol. The number of methoxy groups -OCH3 is 1. The normalized spacial score (nSPS) is 10.2. The third-order valence-corrected chi connectivity index (χ3v) is 2.45. The van der Waals surface area contributed by atoms with Crippen molar-refractivity contribution in [3.8, 4) is 11.5 Å². The summed E-state index contributed by atoms with van der Waals surface area (Å²) in [6.07, 6.45) is 2.80. The maximum absolute atomic E-state index is 11.1. The van der Waals surface area contributed by atoms with Gasteiger partial charge in [-0.15, -0.1) is 0 Å². The Bertz CT molecular complexity index is 583. The molecule has 0 amide bonds. The fourth-order valence-corrected chi connectivity index (χ4v) is 1.63. The van der Waals surface area contributed by atoms with Gasteiger partial charge in [0.05, 0.1) is 12.8 Å². The van der Waals surface area contributed by atoms with Crippen molar-refractivity contribution in [2.75, 3.05) is 7.11 Å². The molecule has 0 unspecified atom stereocenters. The van der Waals surface area contributed by atoms with E-state index in [0.717, 1.165) is 5.56 Å². The number of benzene rings is 1. The molecule has 19 heavy (non-hydrogen) atoms. The van der Waals surface area contributed by atoms with Gasteiger partial charge in [-0.3, -0.25) is 4.98 Å². The van der Waals surface area contributed by atoms with E-state index in [1.165, 1.54) is 18.5 Å². The molecule has 2 rings (SSSR count). The molecule has 1 aromatic heterocycles. The molecule has 1 N–H and O–H groups in total. The summed E-state index contributed by atoms with van der Waals surface area (Å²) in [5.41, 5.74) is 1.02. The van der Waals surface area contributed by atoms with Crippen molar-refractivity contribution < 1.29 is 19.4 Å². The number of hydrogen-bond donors (Lipinski definition) is 1. The van der Waals surface area contributed by atoms with Gasteiger partial charge in [0.1, 0.15) is 11.3 Å². The van der Waals surface area contributed by atoms with Gasteiger partial charge in [-0.2, -0.15) is 0 Å². The van der Waals surface area contributed by atoms with Crippen LogP contribution in [0.3, 0.4) is 0 Å². The molecule has 1 heterocycles. The Kier molecular flexibility index (Phi) is 4.10. The molecule has 0 atom stereocenters. The van der Waals surface area contributed by atoms with Crippen LogP contribution in [0.1, 0.15) is 15.9 Å². The first-order valence-electron chi connectivity index (χ1n) is 5.63. The van der Waals surface area contributed by atoms with Gasteiger partial charge in [0.15, 0.2) is 5.75 Å². The monoisotopic (exact) mass is 259 g/mol. The molecule has 0 aliphatic carbocycles. The summed E-state index contributed by atoms with van der Waals surface area (Å²) < 4.78 is 10.6. The number of nitrogens with zero attached hydrogens (tertiary/aromatic N) is 1. The minimum Gasteiger partial charge on any atom is -0.478 e. The quantitative estimate of drug-likeness (QED) is 0.894. The molecule has 5 nitrogen and oxygen atoms in total. The van der Waals surface area contributed by atoms with Crippen LogP contribution in [0.15, 0.2) is 42.7 Å². The Balaban J connectivity index is 2.26. The van der Waals surface area contributed by atoms with E-state index in [9.17, 15) is 4.79 Å². The maximum Gasteiger partial charge on any atom is 0.339 e. The predicted octanol–water partition coefficient (Wildman–Crippen LogP) is 2.72. The molecular weight excluding hydrogens is 246 g/mol. The van der Waals surface area contributed by atoms with Gasteiger partial charge in [-0.25, -0.2) is 4.79 Å². The highest BCUT2D eigenvalue weighted by Crippen LogP contribution is 2.25. The second-order valence-corrected chi connectivity index (χ2v) is 3.86. The number of aromatic nitrogens is 1. The Labute approximate surface area is 110 Å². The van der Waals surface area contributed by atoms with E-state index in [-0.39, 0.29) is 11.3 Å². The Morgan fingerprint density at radius 3 is 2.95 bits per heavy atom. The second kappa shape index (κ2) is 5.97. The molecule has 0 fully saturated rings. The number of ether oxygens (including phenoxy) is 2. The first-order valence-corrected chi connectivity index (χ1v) is 5.63. The Morgan fingerprint density at radius 2 is 2.21 bits per heavy atom. The van der Waals surface area contributed by atoms with E-state index in [0.29, 0.717) is 12.4 Å². The highest BCUT2D eigenvalue weighted by Gasteiger charge is 2.11. The molecule has 1 aromatic carbocycles. The fraction of sp³-hybridized carbons (Fsp3) is 0.143. The van der Waals surface area contributed by atoms with E-state index >= 15 is 0 Å². The van der Waals surface area contributed by atoms with Crippen molar-refractivity contribution in [1.29, 1.82) is 0 Å². The lowest BCUT2D eigenvalue weighted by atomic mass is 10.2. The summed E-state index contributed by atoms with van der Waals surface area (Å²) in [5.74, 6) is -0.292. The van der Waals surface area contributed by atoms with Crippen molar-refractivity contribution in [2.45, 2.75) is 6.61 Å². The first-order chi connectivity index (χ1) is 9.20. The van der Waals surface area contributed by atoms with Crippen LogP contribution in [0.25, 0.3) is 0 Å². The first kappa shape index (κ1) is 13.0. The molecule has 0 aliphatic rings. The second-order valence-electron chi connectivity index (χ2n) is 3.86. The minimum atomic E-state index is -1.05. The third-order valence-electron chi connectivity index (χ3n) is 2.45. The molecule has 0 saturated carbocycles. The summed E-state index contributed by atoms with van der Waals surface area (Å²) >= 11 is 0. The van der Waals surface area contributed by atoms with Crippen molar-refractivity contribution in [3.63, 3.8) is 0 Å². The topological polar surface area (TPSA) is 68.7 Å². The van der Waals surface area contributed by atoms with E-state index in [2.05, 4.69) is 4.98 Å². The fourth-order valence-electron chi connectivity index (χ4n) is 1.63. The molecule has 0 saturated heterocycles. The zero-order chi connectivity index (χ0) is 13.7. The molecule has 98 valence electrons. The molecular formula is C14H13NO4. The molecule has 0 bridgehead atoms. The smallest absolute Gasteiger partial charge is 0.339 e. The van der Waals surface area contributed by atoms with Crippen LogP contribution in [0, 0.1) is 0 Å². The number of pyridine rings is 1. The van der Waals surface area contributed by atoms with Gasteiger partial charge in [0, 0.05) is 13.3 Å². The van der Waals surface area contributed by atoms with E-state index in [1.807, 2.05) is 12.1 Å². The zero-order valence-electron chi connectivity index (χ0n) is 10.4. The van der Waals surface area contributed by atoms with Gasteiger partial charge in [-0.1, -0.05) is 12.1 Å². The average Bonchev–Trinajstić information content (AvgIpc) is 2.40. The van der Waals surface area contributed by atoms with Crippen molar-refractivity contribution >= 4 is 5.97 Å². The summed E-state index contributed by atoms with van der Waals surface area (Å²) in [7, 11) is 1.61. The highest BCUT2D eigenvalue weighted by atomic mass is 16.5. The van der Waals surface area contributed by atoms with E-state index < -0.39 is 5.97 Å². The number of carboxylic acids is 1. The van der Waals surface area contributed by atoms with Crippen LogP contribution in [0.2, 0.25) is 0 Å². The van der Waals surface area contributed by atoms with Crippen LogP contribution in [0.4, 0.5) is 0 Å². The largest absolute Gasteiger partial charge is 0.478 e. The lowest BCUT2D eigenvalue weighted by molar-refractivity contribution is 0.0694. The third kappa shape index (κ3) is 3.29. The van der Waals surface area contributed by atoms with Crippen molar-refractivity contribution in [2.24, 2.45) is 0 Å². The highest BCUT2D eigenvalue weighted by molar-refractivity contribution is 5.90. The van der Waals surface area contributed by atoms with Crippen molar-refractivity contribution in [3.05, 3.63) is 53.9 Å². The minimum absolute atomic E-state index is 0.0761. The predicted molar refractivity (Wildman–Crippen MR) is 68.4 cm³/mol. The van der Waals surface area contributed by atoms with Gasteiger partial charge >= 0.3 is 5.97 Å². The van der Waals surface area contributed by atoms with E-state index in [4.69, 9.17) is 14.6 Å². The number of aromatic carboxylic acids is 1. The number of carboxylic acid groups (broad SMARTS) is 1. The van der Waals surface area contributed by atoms with Crippen LogP contribution in [-0.4, -0.2) is 23.2 Å². The van der Waals surface area contributed by atoms with E-state index in [1.54, 1.807) is 19.2 Å². The van der Waals surface area contributed by atoms with Crippen LogP contribution in [0.5, 0.6) is 11.5 Å². The SMILES string of the molecule is COCc1cccc(Oc2cnccc2C(=O)O)c1. The summed E-state index contributed by atoms with van der Waals surface area (Å²) in [4.78, 5) is 14.9. The zero-order valence-corrected chi connectivity index (χ0v) is 10.4. The van der Waals surface area contributed by atoms with Crippen LogP contribution >= 0.6 is 0 Å². The van der Waals surface area contributed by atoms with Gasteiger partial charge < -0.3 is 14.6 Å². The maximum atomic E-state index is 11.1. The molecule has 0 aliphatic heterocycles. The van der Waals surface area contributed by atoms with Crippen LogP contribution in [-0.2, 0) is 11.3 Å². The Hall–Kier alpha value is -2.40. The lowest BCUT2D eigenvalue weighted by Crippen LogP contribution is -2.00. The molecule has 0 radical (unpaired) electrons. The summed E-state index contributed by atoms with van der Waals surface area (Å²) in [6, 6.07) is 8.66. The summed E-state index contributed by atoms with van der Waals surface area (Å²) in [5, 5.41) is 9.05. The van der Waals surface area contributed by atoms with Gasteiger partial charge in [-0.05, 0) is 23.8 Å².